The van der Waals surface area contributed by atoms with E-state index in [4.69, 9.17) is 5.21 Å². The highest BCUT2D eigenvalue weighted by molar-refractivity contribution is 5.83. The lowest BCUT2D eigenvalue weighted by Gasteiger charge is -1.91. The summed E-state index contributed by atoms with van der Waals surface area (Å²) in [7, 11) is 0. The van der Waals surface area contributed by atoms with Crippen LogP contribution in [-0.2, 0) is 0 Å². The molecule has 56 valence electrons. The summed E-state index contributed by atoms with van der Waals surface area (Å²) in [6, 6.07) is 6.78. The van der Waals surface area contributed by atoms with Gasteiger partial charge in [-0.25, -0.2) is 0 Å². The smallest absolute Gasteiger partial charge is 0.150 e. The molecule has 0 atom stereocenters. The molecule has 0 aliphatic rings. The minimum Gasteiger partial charge on any atom is -0.411 e. The van der Waals surface area contributed by atoms with Gasteiger partial charge in [0.25, 0.3) is 0 Å². The van der Waals surface area contributed by atoms with E-state index < -0.39 is 0 Å². The fourth-order valence-electron chi connectivity index (χ4n) is 0.779. The van der Waals surface area contributed by atoms with Crippen molar-refractivity contribution < 1.29 is 10.0 Å². The molecule has 0 aromatic heterocycles. The van der Waals surface area contributed by atoms with Gasteiger partial charge in [0.05, 0.1) is 6.21 Å². The van der Waals surface area contributed by atoms with Crippen LogP contribution in [0.25, 0.3) is 0 Å². The van der Waals surface area contributed by atoms with Crippen molar-refractivity contribution >= 4 is 12.5 Å². The first kappa shape index (κ1) is 7.47. The number of nitrogens with zero attached hydrogens (tertiary/aromatic N) is 1. The van der Waals surface area contributed by atoms with E-state index in [1.165, 1.54) is 6.21 Å². The van der Waals surface area contributed by atoms with Crippen LogP contribution in [0.1, 0.15) is 15.9 Å². The topological polar surface area (TPSA) is 49.7 Å². The number of hydrogen-bond donors (Lipinski definition) is 1. The zero-order valence-corrected chi connectivity index (χ0v) is 5.77. The van der Waals surface area contributed by atoms with E-state index in [-0.39, 0.29) is 0 Å². The highest BCUT2D eigenvalue weighted by atomic mass is 16.4. The van der Waals surface area contributed by atoms with Gasteiger partial charge in [0.2, 0.25) is 0 Å². The molecule has 0 spiro atoms. The molecule has 0 aliphatic carbocycles. The van der Waals surface area contributed by atoms with Crippen LogP contribution in [0.2, 0.25) is 0 Å². The molecule has 0 radical (unpaired) electrons. The lowest BCUT2D eigenvalue weighted by atomic mass is 10.1. The van der Waals surface area contributed by atoms with Gasteiger partial charge in [-0.3, -0.25) is 4.79 Å². The van der Waals surface area contributed by atoms with Crippen molar-refractivity contribution in [1.82, 2.24) is 0 Å². The third-order valence-electron chi connectivity index (χ3n) is 1.25. The number of hydrogen-bond acceptors (Lipinski definition) is 3. The zero-order valence-electron chi connectivity index (χ0n) is 5.77. The molecule has 0 amide bonds. The van der Waals surface area contributed by atoms with Crippen LogP contribution in [-0.4, -0.2) is 17.7 Å². The van der Waals surface area contributed by atoms with Gasteiger partial charge < -0.3 is 5.21 Å². The quantitative estimate of drug-likeness (QED) is 0.298. The van der Waals surface area contributed by atoms with E-state index in [1.807, 2.05) is 0 Å². The average molecular weight is 149 g/mol. The van der Waals surface area contributed by atoms with Crippen molar-refractivity contribution in [3.05, 3.63) is 35.4 Å². The number of benzene rings is 1. The van der Waals surface area contributed by atoms with Crippen molar-refractivity contribution in [2.75, 3.05) is 0 Å². The van der Waals surface area contributed by atoms with Crippen LogP contribution in [0.5, 0.6) is 0 Å². The molecule has 0 bridgehead atoms. The summed E-state index contributed by atoms with van der Waals surface area (Å²) >= 11 is 0. The number of oxime groups is 1. The van der Waals surface area contributed by atoms with Gasteiger partial charge >= 0.3 is 0 Å². The normalized spacial score (nSPS) is 10.2. The van der Waals surface area contributed by atoms with Crippen LogP contribution in [0.15, 0.2) is 29.4 Å². The van der Waals surface area contributed by atoms with Crippen LogP contribution in [0.3, 0.4) is 0 Å². The van der Waals surface area contributed by atoms with E-state index in [2.05, 4.69) is 5.16 Å². The molecule has 0 aliphatic heterocycles. The lowest BCUT2D eigenvalue weighted by Crippen LogP contribution is -1.84. The molecule has 0 saturated heterocycles. The van der Waals surface area contributed by atoms with Gasteiger partial charge in [0.15, 0.2) is 0 Å². The van der Waals surface area contributed by atoms with Gasteiger partial charge in [-0.1, -0.05) is 23.4 Å². The second kappa shape index (κ2) is 3.51. The van der Waals surface area contributed by atoms with E-state index in [0.29, 0.717) is 11.1 Å². The Balaban J connectivity index is 3.00. The zero-order chi connectivity index (χ0) is 8.10. The van der Waals surface area contributed by atoms with Crippen LogP contribution in [0.4, 0.5) is 0 Å². The van der Waals surface area contributed by atoms with Crippen LogP contribution < -0.4 is 0 Å². The first-order valence-corrected chi connectivity index (χ1v) is 3.09. The van der Waals surface area contributed by atoms with Gasteiger partial charge in [-0.05, 0) is 11.6 Å². The van der Waals surface area contributed by atoms with Crippen molar-refractivity contribution in [2.45, 2.75) is 0 Å². The van der Waals surface area contributed by atoms with E-state index >= 15 is 0 Å². The lowest BCUT2D eigenvalue weighted by molar-refractivity contribution is 0.112. The largest absolute Gasteiger partial charge is 0.411 e. The van der Waals surface area contributed by atoms with E-state index in [9.17, 15) is 4.79 Å². The second-order valence-electron chi connectivity index (χ2n) is 2.03. The first-order chi connectivity index (χ1) is 5.36. The molecular formula is C8H7NO2. The third-order valence-corrected chi connectivity index (χ3v) is 1.25. The molecule has 11 heavy (non-hydrogen) atoms. The summed E-state index contributed by atoms with van der Waals surface area (Å²) < 4.78 is 0. The highest BCUT2D eigenvalue weighted by Gasteiger charge is 1.90. The Hall–Kier alpha value is -1.64. The van der Waals surface area contributed by atoms with Crippen molar-refractivity contribution in [3.63, 3.8) is 0 Å². The summed E-state index contributed by atoms with van der Waals surface area (Å²) in [6.45, 7) is 0. The highest BCUT2D eigenvalue weighted by Crippen LogP contribution is 1.99. The van der Waals surface area contributed by atoms with Gasteiger partial charge in [-0.15, -0.1) is 0 Å². The third kappa shape index (κ3) is 1.89. The number of aldehydes is 1. The Bertz CT molecular complexity index is 281. The van der Waals surface area contributed by atoms with Crippen LogP contribution in [0, 0.1) is 0 Å². The summed E-state index contributed by atoms with van der Waals surface area (Å²) in [5, 5.41) is 11.0. The Labute approximate surface area is 64.0 Å². The monoisotopic (exact) mass is 149 g/mol. The molecule has 0 unspecified atom stereocenters. The summed E-state index contributed by atoms with van der Waals surface area (Å²) in [5.74, 6) is 0. The second-order valence-corrected chi connectivity index (χ2v) is 2.03. The van der Waals surface area contributed by atoms with Gasteiger partial charge in [0, 0.05) is 5.56 Å². The molecule has 0 fully saturated rings. The van der Waals surface area contributed by atoms with Gasteiger partial charge in [-0.2, -0.15) is 0 Å². The number of rotatable bonds is 2. The molecular weight excluding hydrogens is 142 g/mol. The predicted octanol–water partition coefficient (Wildman–Crippen LogP) is 1.31. The first-order valence-electron chi connectivity index (χ1n) is 3.09. The van der Waals surface area contributed by atoms with Crippen molar-refractivity contribution in [1.29, 1.82) is 0 Å². The minimum atomic E-state index is 0.572. The van der Waals surface area contributed by atoms with Crippen molar-refractivity contribution in [2.24, 2.45) is 5.16 Å². The maximum absolute atomic E-state index is 10.3. The molecule has 0 heterocycles. The fourth-order valence-corrected chi connectivity index (χ4v) is 0.779. The minimum absolute atomic E-state index is 0.572. The Morgan fingerprint density at radius 1 is 1.36 bits per heavy atom. The molecule has 1 aromatic rings. The standard InChI is InChI=1S/C8H7NO2/c10-6-8-3-1-2-7(4-8)5-9-11/h1-6,11H. The fraction of sp³-hybridized carbons (Fsp3) is 0. The average Bonchev–Trinajstić information content (AvgIpc) is 2.06. The molecule has 1 rings (SSSR count). The predicted molar refractivity (Wildman–Crippen MR) is 41.2 cm³/mol. The van der Waals surface area contributed by atoms with Crippen molar-refractivity contribution in [3.8, 4) is 0 Å². The molecule has 0 saturated carbocycles. The maximum Gasteiger partial charge on any atom is 0.150 e. The summed E-state index contributed by atoms with van der Waals surface area (Å²) in [5.41, 5.74) is 1.28. The molecule has 1 N–H and O–H groups in total. The number of carbonyl (C=O) groups excluding carboxylic acids is 1. The summed E-state index contributed by atoms with van der Waals surface area (Å²) in [4.78, 5) is 10.3. The SMILES string of the molecule is O=Cc1cccc(C=NO)c1. The van der Waals surface area contributed by atoms with Gasteiger partial charge in [0.1, 0.15) is 6.29 Å². The molecule has 3 heteroatoms. The molecule has 1 aromatic carbocycles. The summed E-state index contributed by atoms with van der Waals surface area (Å²) in [6.07, 6.45) is 2.02. The maximum atomic E-state index is 10.3. The Morgan fingerprint density at radius 3 is 2.73 bits per heavy atom. The Kier molecular flexibility index (Phi) is 2.38. The Morgan fingerprint density at radius 2 is 2.09 bits per heavy atom. The van der Waals surface area contributed by atoms with Crippen LogP contribution >= 0.6 is 0 Å². The van der Waals surface area contributed by atoms with E-state index in [1.54, 1.807) is 24.3 Å². The van der Waals surface area contributed by atoms with E-state index in [0.717, 1.165) is 6.29 Å². The molecule has 3 nitrogen and oxygen atoms in total. The number of carbonyl (C=O) groups is 1.